The van der Waals surface area contributed by atoms with E-state index in [1.165, 1.54) is 4.90 Å². The van der Waals surface area contributed by atoms with E-state index < -0.39 is 18.0 Å². The van der Waals surface area contributed by atoms with Crippen LogP contribution in [-0.2, 0) is 14.3 Å². The van der Waals surface area contributed by atoms with E-state index in [1.54, 1.807) is 0 Å². The number of carbonyl (C=O) groups is 3. The van der Waals surface area contributed by atoms with Crippen molar-refractivity contribution >= 4 is 18.0 Å². The number of rotatable bonds is 4. The number of likely N-dealkylation sites (tertiary alicyclic amines) is 1. The molecule has 0 spiro atoms. The molecule has 1 unspecified atom stereocenters. The van der Waals surface area contributed by atoms with Crippen LogP contribution in [0.3, 0.4) is 0 Å². The number of hydrogen-bond acceptors (Lipinski definition) is 4. The summed E-state index contributed by atoms with van der Waals surface area (Å²) in [5.74, 6) is -1.89. The fourth-order valence-electron chi connectivity index (χ4n) is 1.41. The first-order valence-electron chi connectivity index (χ1n) is 4.43. The molecule has 1 heterocycles. The van der Waals surface area contributed by atoms with Gasteiger partial charge >= 0.3 is 12.1 Å². The van der Waals surface area contributed by atoms with Gasteiger partial charge in [0, 0.05) is 13.0 Å². The molecular formula is C8H12N2O5. The van der Waals surface area contributed by atoms with Crippen molar-refractivity contribution < 1.29 is 24.2 Å². The zero-order chi connectivity index (χ0) is 11.4. The molecule has 7 nitrogen and oxygen atoms in total. The maximum atomic E-state index is 11.3. The third-order valence-electron chi connectivity index (χ3n) is 2.17. The average molecular weight is 216 g/mol. The molecule has 3 N–H and O–H groups in total. The largest absolute Gasteiger partial charge is 0.481 e. The van der Waals surface area contributed by atoms with Gasteiger partial charge in [-0.15, -0.1) is 0 Å². The second-order valence-electron chi connectivity index (χ2n) is 3.25. The number of carbonyl (C=O) groups excluding carboxylic acids is 2. The molecule has 0 saturated carbocycles. The molecule has 1 aliphatic rings. The van der Waals surface area contributed by atoms with E-state index in [9.17, 15) is 14.4 Å². The van der Waals surface area contributed by atoms with Gasteiger partial charge in [0.15, 0.2) is 0 Å². The minimum atomic E-state index is -0.985. The lowest BCUT2D eigenvalue weighted by Crippen LogP contribution is -2.31. The maximum Gasteiger partial charge on any atom is 0.404 e. The Balaban J connectivity index is 2.34. The Bertz CT molecular complexity index is 291. The Hall–Kier alpha value is -1.79. The summed E-state index contributed by atoms with van der Waals surface area (Å²) < 4.78 is 4.45. The highest BCUT2D eigenvalue weighted by atomic mass is 16.5. The van der Waals surface area contributed by atoms with E-state index in [0.717, 1.165) is 0 Å². The number of nitrogens with two attached hydrogens (primary N) is 1. The van der Waals surface area contributed by atoms with Crippen LogP contribution in [0.15, 0.2) is 0 Å². The van der Waals surface area contributed by atoms with Crippen LogP contribution in [0.1, 0.15) is 6.42 Å². The van der Waals surface area contributed by atoms with Crippen molar-refractivity contribution in [1.82, 2.24) is 4.90 Å². The number of carboxylic acids is 1. The van der Waals surface area contributed by atoms with E-state index in [4.69, 9.17) is 10.8 Å². The lowest BCUT2D eigenvalue weighted by molar-refractivity contribution is -0.141. The van der Waals surface area contributed by atoms with Gasteiger partial charge in [-0.1, -0.05) is 0 Å². The Morgan fingerprint density at radius 2 is 2.27 bits per heavy atom. The molecule has 1 saturated heterocycles. The molecule has 0 aromatic heterocycles. The lowest BCUT2D eigenvalue weighted by atomic mass is 10.1. The highest BCUT2D eigenvalue weighted by Gasteiger charge is 2.33. The second-order valence-corrected chi connectivity index (χ2v) is 3.25. The highest BCUT2D eigenvalue weighted by molar-refractivity contribution is 5.86. The number of hydrogen-bond donors (Lipinski definition) is 2. The van der Waals surface area contributed by atoms with Crippen LogP contribution < -0.4 is 5.73 Å². The Morgan fingerprint density at radius 3 is 2.73 bits per heavy atom. The molecule has 0 aromatic carbocycles. The van der Waals surface area contributed by atoms with Crippen molar-refractivity contribution in [1.29, 1.82) is 0 Å². The maximum absolute atomic E-state index is 11.3. The summed E-state index contributed by atoms with van der Waals surface area (Å²) in [5, 5.41) is 8.68. The standard InChI is InChI=1S/C8H12N2O5/c9-8(14)15-2-1-10-4-5(7(12)13)3-6(10)11/h5H,1-4H2,(H2,9,14)(H,12,13). The molecule has 0 bridgehead atoms. The summed E-state index contributed by atoms with van der Waals surface area (Å²) in [5.41, 5.74) is 4.73. The van der Waals surface area contributed by atoms with Crippen LogP contribution >= 0.6 is 0 Å². The fraction of sp³-hybridized carbons (Fsp3) is 0.625. The van der Waals surface area contributed by atoms with Gasteiger partial charge < -0.3 is 20.5 Å². The van der Waals surface area contributed by atoms with Crippen LogP contribution in [-0.4, -0.2) is 47.7 Å². The van der Waals surface area contributed by atoms with Crippen molar-refractivity contribution in [2.75, 3.05) is 19.7 Å². The van der Waals surface area contributed by atoms with Crippen LogP contribution in [0.25, 0.3) is 0 Å². The van der Waals surface area contributed by atoms with Gasteiger partial charge in [0.1, 0.15) is 6.61 Å². The van der Waals surface area contributed by atoms with Crippen molar-refractivity contribution in [2.24, 2.45) is 11.7 Å². The summed E-state index contributed by atoms with van der Waals surface area (Å²) in [4.78, 5) is 33.4. The summed E-state index contributed by atoms with van der Waals surface area (Å²) >= 11 is 0. The smallest absolute Gasteiger partial charge is 0.404 e. The first kappa shape index (κ1) is 11.3. The third-order valence-corrected chi connectivity index (χ3v) is 2.17. The zero-order valence-electron chi connectivity index (χ0n) is 8.01. The number of carboxylic acid groups (broad SMARTS) is 1. The highest BCUT2D eigenvalue weighted by Crippen LogP contribution is 2.17. The van der Waals surface area contributed by atoms with E-state index in [2.05, 4.69) is 4.74 Å². The van der Waals surface area contributed by atoms with Crippen LogP contribution in [0, 0.1) is 5.92 Å². The normalized spacial score (nSPS) is 20.4. The third kappa shape index (κ3) is 3.12. The van der Waals surface area contributed by atoms with Gasteiger partial charge in [-0.25, -0.2) is 4.79 Å². The van der Waals surface area contributed by atoms with Crippen LogP contribution in [0.2, 0.25) is 0 Å². The first-order chi connectivity index (χ1) is 7.00. The Morgan fingerprint density at radius 1 is 1.60 bits per heavy atom. The molecular weight excluding hydrogens is 204 g/mol. The van der Waals surface area contributed by atoms with Crippen molar-refractivity contribution in [2.45, 2.75) is 6.42 Å². The number of nitrogens with zero attached hydrogens (tertiary/aromatic N) is 1. The van der Waals surface area contributed by atoms with E-state index in [0.29, 0.717) is 0 Å². The summed E-state index contributed by atoms with van der Waals surface area (Å²) in [7, 11) is 0. The predicted octanol–water partition coefficient (Wildman–Crippen LogP) is -0.985. The minimum absolute atomic E-state index is 0.00586. The fourth-order valence-corrected chi connectivity index (χ4v) is 1.41. The molecule has 15 heavy (non-hydrogen) atoms. The molecule has 1 atom stereocenters. The van der Waals surface area contributed by atoms with Gasteiger partial charge in [0.25, 0.3) is 0 Å². The first-order valence-corrected chi connectivity index (χ1v) is 4.43. The van der Waals surface area contributed by atoms with E-state index >= 15 is 0 Å². The second kappa shape index (κ2) is 4.63. The lowest BCUT2D eigenvalue weighted by Gasteiger charge is -2.14. The van der Waals surface area contributed by atoms with Gasteiger partial charge in [-0.2, -0.15) is 0 Å². The SMILES string of the molecule is NC(=O)OCCN1CC(C(=O)O)CC1=O. The topological polar surface area (TPSA) is 110 Å². The molecule has 84 valence electrons. The van der Waals surface area contributed by atoms with Crippen LogP contribution in [0.4, 0.5) is 4.79 Å². The van der Waals surface area contributed by atoms with Gasteiger partial charge in [0.05, 0.1) is 12.5 Å². The summed E-state index contributed by atoms with van der Waals surface area (Å²) in [6, 6.07) is 0. The molecule has 0 aromatic rings. The van der Waals surface area contributed by atoms with Crippen molar-refractivity contribution in [3.05, 3.63) is 0 Å². The van der Waals surface area contributed by atoms with E-state index in [1.807, 2.05) is 0 Å². The monoisotopic (exact) mass is 216 g/mol. The summed E-state index contributed by atoms with van der Waals surface area (Å²) in [6.45, 7) is 0.343. The van der Waals surface area contributed by atoms with E-state index in [-0.39, 0.29) is 32.0 Å². The van der Waals surface area contributed by atoms with Gasteiger partial charge in [-0.05, 0) is 0 Å². The number of aliphatic carboxylic acids is 1. The minimum Gasteiger partial charge on any atom is -0.481 e. The summed E-state index contributed by atoms with van der Waals surface area (Å²) in [6.07, 6.45) is -0.900. The Labute approximate surface area is 85.8 Å². The zero-order valence-corrected chi connectivity index (χ0v) is 8.01. The predicted molar refractivity (Wildman–Crippen MR) is 47.9 cm³/mol. The van der Waals surface area contributed by atoms with Crippen LogP contribution in [0.5, 0.6) is 0 Å². The Kier molecular flexibility index (Phi) is 3.48. The average Bonchev–Trinajstić information content (AvgIpc) is 2.47. The molecule has 1 aliphatic heterocycles. The number of primary amides is 1. The molecule has 7 heteroatoms. The number of amides is 2. The molecule has 1 fully saturated rings. The van der Waals surface area contributed by atoms with Crippen molar-refractivity contribution in [3.8, 4) is 0 Å². The number of ether oxygens (including phenoxy) is 1. The molecule has 1 rings (SSSR count). The quantitative estimate of drug-likeness (QED) is 0.627. The molecule has 2 amide bonds. The van der Waals surface area contributed by atoms with Crippen molar-refractivity contribution in [3.63, 3.8) is 0 Å². The molecule has 0 aliphatic carbocycles. The van der Waals surface area contributed by atoms with Gasteiger partial charge in [0.2, 0.25) is 5.91 Å². The molecule has 0 radical (unpaired) electrons. The van der Waals surface area contributed by atoms with Gasteiger partial charge in [-0.3, -0.25) is 9.59 Å².